The van der Waals surface area contributed by atoms with Gasteiger partial charge in [-0.1, -0.05) is 13.8 Å². The van der Waals surface area contributed by atoms with Gasteiger partial charge in [-0.15, -0.1) is 0 Å². The Morgan fingerprint density at radius 2 is 2.12 bits per heavy atom. The van der Waals surface area contributed by atoms with Gasteiger partial charge in [0, 0.05) is 18.8 Å². The Balaban J connectivity index is 2.27. The molecule has 1 N–H and O–H groups in total. The van der Waals surface area contributed by atoms with Crippen LogP contribution in [0.25, 0.3) is 0 Å². The van der Waals surface area contributed by atoms with Crippen LogP contribution >= 0.6 is 0 Å². The Labute approximate surface area is 106 Å². The summed E-state index contributed by atoms with van der Waals surface area (Å²) >= 11 is 0. The minimum atomic E-state index is -2.79. The van der Waals surface area contributed by atoms with Crippen LogP contribution in [0.5, 0.6) is 0 Å². The van der Waals surface area contributed by atoms with Gasteiger partial charge in [0.15, 0.2) is 0 Å². The lowest BCUT2D eigenvalue weighted by atomic mass is 9.90. The highest BCUT2D eigenvalue weighted by molar-refractivity contribution is 7.91. The summed E-state index contributed by atoms with van der Waals surface area (Å²) < 4.78 is 22.7. The van der Waals surface area contributed by atoms with Crippen molar-refractivity contribution < 1.29 is 8.42 Å². The van der Waals surface area contributed by atoms with Crippen LogP contribution in [0.15, 0.2) is 0 Å². The molecule has 5 heteroatoms. The summed E-state index contributed by atoms with van der Waals surface area (Å²) in [4.78, 5) is 2.39. The molecule has 0 radical (unpaired) electrons. The third kappa shape index (κ3) is 4.94. The third-order valence-corrected chi connectivity index (χ3v) is 5.40. The van der Waals surface area contributed by atoms with Crippen molar-refractivity contribution >= 4 is 9.84 Å². The first-order chi connectivity index (χ1) is 7.91. The molecular weight excluding hydrogens is 236 g/mol. The quantitative estimate of drug-likeness (QED) is 0.735. The van der Waals surface area contributed by atoms with Crippen molar-refractivity contribution in [2.45, 2.75) is 26.7 Å². The summed E-state index contributed by atoms with van der Waals surface area (Å²) in [5.41, 5.74) is 0.360. The Kier molecular flexibility index (Phi) is 5.41. The highest BCUT2D eigenvalue weighted by Gasteiger charge is 2.32. The smallest absolute Gasteiger partial charge is 0.150 e. The number of likely N-dealkylation sites (tertiary alicyclic amines) is 1. The van der Waals surface area contributed by atoms with E-state index in [1.165, 1.54) is 6.42 Å². The van der Waals surface area contributed by atoms with Crippen LogP contribution in [0, 0.1) is 5.41 Å². The summed E-state index contributed by atoms with van der Waals surface area (Å²) in [6.45, 7) is 8.15. The van der Waals surface area contributed by atoms with Crippen molar-refractivity contribution in [1.82, 2.24) is 10.2 Å². The molecular formula is C12H26N2O2S. The molecule has 1 atom stereocenters. The van der Waals surface area contributed by atoms with E-state index in [1.807, 2.05) is 7.05 Å². The fraction of sp³-hybridized carbons (Fsp3) is 1.00. The molecule has 0 aliphatic carbocycles. The van der Waals surface area contributed by atoms with Crippen LogP contribution in [0.2, 0.25) is 0 Å². The van der Waals surface area contributed by atoms with Gasteiger partial charge in [-0.05, 0) is 38.4 Å². The van der Waals surface area contributed by atoms with E-state index >= 15 is 0 Å². The summed E-state index contributed by atoms with van der Waals surface area (Å²) in [5, 5.41) is 3.24. The predicted molar refractivity (Wildman–Crippen MR) is 72.0 cm³/mol. The number of nitrogens with zero attached hydrogens (tertiary/aromatic N) is 1. The van der Waals surface area contributed by atoms with Crippen LogP contribution in [0.1, 0.15) is 26.7 Å². The third-order valence-electron chi connectivity index (χ3n) is 3.61. The monoisotopic (exact) mass is 262 g/mol. The highest BCUT2D eigenvalue weighted by Crippen LogP contribution is 2.28. The molecule has 0 aromatic carbocycles. The maximum atomic E-state index is 11.4. The number of rotatable bonds is 7. The molecule has 0 saturated carbocycles. The largest absolute Gasteiger partial charge is 0.319 e. The molecule has 102 valence electrons. The van der Waals surface area contributed by atoms with Crippen molar-refractivity contribution in [3.8, 4) is 0 Å². The molecule has 0 aromatic heterocycles. The van der Waals surface area contributed by atoms with Crippen molar-refractivity contribution in [3.05, 3.63) is 0 Å². The van der Waals surface area contributed by atoms with Crippen molar-refractivity contribution in [2.24, 2.45) is 5.41 Å². The van der Waals surface area contributed by atoms with Crippen molar-refractivity contribution in [1.29, 1.82) is 0 Å². The summed E-state index contributed by atoms with van der Waals surface area (Å²) in [6.07, 6.45) is 1.97. The maximum absolute atomic E-state index is 11.4. The number of nitrogens with one attached hydrogen (secondary N) is 1. The molecule has 0 bridgehead atoms. The fourth-order valence-electron chi connectivity index (χ4n) is 2.54. The molecule has 0 spiro atoms. The van der Waals surface area contributed by atoms with Gasteiger partial charge in [0.05, 0.1) is 5.75 Å². The van der Waals surface area contributed by atoms with E-state index in [4.69, 9.17) is 0 Å². The van der Waals surface area contributed by atoms with Gasteiger partial charge in [0.1, 0.15) is 9.84 Å². The Bertz CT molecular complexity index is 329. The zero-order valence-corrected chi connectivity index (χ0v) is 12.1. The van der Waals surface area contributed by atoms with E-state index in [2.05, 4.69) is 17.1 Å². The Morgan fingerprint density at radius 3 is 2.71 bits per heavy atom. The molecule has 1 heterocycles. The SMILES string of the molecule is CCS(=O)(=O)CCCN1CCC(C)(CNC)C1. The van der Waals surface area contributed by atoms with Gasteiger partial charge < -0.3 is 10.2 Å². The average molecular weight is 262 g/mol. The molecule has 0 amide bonds. The van der Waals surface area contributed by atoms with Gasteiger partial charge in [0.2, 0.25) is 0 Å². The molecule has 1 fully saturated rings. The van der Waals surface area contributed by atoms with Crippen LogP contribution in [-0.4, -0.2) is 58.1 Å². The number of hydrogen-bond donors (Lipinski definition) is 1. The molecule has 17 heavy (non-hydrogen) atoms. The van der Waals surface area contributed by atoms with Gasteiger partial charge in [0.25, 0.3) is 0 Å². The van der Waals surface area contributed by atoms with Gasteiger partial charge in [-0.2, -0.15) is 0 Å². The summed E-state index contributed by atoms with van der Waals surface area (Å²) in [6, 6.07) is 0. The van der Waals surface area contributed by atoms with Crippen LogP contribution in [-0.2, 0) is 9.84 Å². The normalized spacial score (nSPS) is 26.5. The first-order valence-electron chi connectivity index (χ1n) is 6.48. The zero-order chi connectivity index (χ0) is 12.9. The summed E-state index contributed by atoms with van der Waals surface area (Å²) in [7, 11) is -0.801. The van der Waals surface area contributed by atoms with E-state index < -0.39 is 9.84 Å². The van der Waals surface area contributed by atoms with E-state index in [1.54, 1.807) is 6.92 Å². The average Bonchev–Trinajstić information content (AvgIpc) is 2.61. The standard InChI is InChI=1S/C12H26N2O2S/c1-4-17(15,16)9-5-7-14-8-6-12(2,11-14)10-13-3/h13H,4-11H2,1-3H3. The molecule has 1 saturated heterocycles. The lowest BCUT2D eigenvalue weighted by molar-refractivity contribution is 0.271. The number of sulfone groups is 1. The Hall–Kier alpha value is -0.130. The predicted octanol–water partition coefficient (Wildman–Crippen LogP) is 0.743. The first-order valence-corrected chi connectivity index (χ1v) is 8.30. The Morgan fingerprint density at radius 1 is 1.41 bits per heavy atom. The van der Waals surface area contributed by atoms with Gasteiger partial charge in [-0.3, -0.25) is 0 Å². The second-order valence-electron chi connectivity index (χ2n) is 5.46. The lowest BCUT2D eigenvalue weighted by Crippen LogP contribution is -2.33. The maximum Gasteiger partial charge on any atom is 0.150 e. The number of hydrogen-bond acceptors (Lipinski definition) is 4. The fourth-order valence-corrected chi connectivity index (χ4v) is 3.40. The first kappa shape index (κ1) is 14.9. The molecule has 1 rings (SSSR count). The molecule has 1 unspecified atom stereocenters. The second-order valence-corrected chi connectivity index (χ2v) is 7.93. The molecule has 4 nitrogen and oxygen atoms in total. The van der Waals surface area contributed by atoms with E-state index in [9.17, 15) is 8.42 Å². The van der Waals surface area contributed by atoms with Crippen molar-refractivity contribution in [2.75, 3.05) is 44.7 Å². The topological polar surface area (TPSA) is 49.4 Å². The zero-order valence-electron chi connectivity index (χ0n) is 11.3. The van der Waals surface area contributed by atoms with Gasteiger partial charge in [-0.25, -0.2) is 8.42 Å². The van der Waals surface area contributed by atoms with Crippen LogP contribution in [0.4, 0.5) is 0 Å². The highest BCUT2D eigenvalue weighted by atomic mass is 32.2. The minimum absolute atomic E-state index is 0.268. The van der Waals surface area contributed by atoms with E-state index in [0.29, 0.717) is 11.2 Å². The van der Waals surface area contributed by atoms with Crippen LogP contribution in [0.3, 0.4) is 0 Å². The summed E-state index contributed by atoms with van der Waals surface area (Å²) in [5.74, 6) is 0.604. The minimum Gasteiger partial charge on any atom is -0.319 e. The van der Waals surface area contributed by atoms with E-state index in [-0.39, 0.29) is 5.75 Å². The van der Waals surface area contributed by atoms with Crippen molar-refractivity contribution in [3.63, 3.8) is 0 Å². The second kappa shape index (κ2) is 6.16. The van der Waals surface area contributed by atoms with E-state index in [0.717, 1.165) is 32.6 Å². The molecule has 0 aromatic rings. The van der Waals surface area contributed by atoms with Crippen LogP contribution < -0.4 is 5.32 Å². The van der Waals surface area contributed by atoms with Gasteiger partial charge >= 0.3 is 0 Å². The molecule has 1 aliphatic rings. The molecule has 1 aliphatic heterocycles. The lowest BCUT2D eigenvalue weighted by Gasteiger charge is -2.24.